The number of hydrogen-bond donors (Lipinski definition) is 0. The fraction of sp³-hybridized carbons (Fsp3) is 0.273. The van der Waals surface area contributed by atoms with Gasteiger partial charge < -0.3 is 4.90 Å². The number of hydrogen-bond acceptors (Lipinski definition) is 4. The summed E-state index contributed by atoms with van der Waals surface area (Å²) in [5.41, 5.74) is 1.94. The molecule has 7 nitrogen and oxygen atoms in total. The van der Waals surface area contributed by atoms with E-state index in [0.29, 0.717) is 29.0 Å². The third kappa shape index (κ3) is 2.65. The van der Waals surface area contributed by atoms with E-state index in [1.807, 2.05) is 54.4 Å². The quantitative estimate of drug-likeness (QED) is 0.530. The minimum atomic E-state index is -0.245. The van der Waals surface area contributed by atoms with Crippen molar-refractivity contribution in [2.75, 3.05) is 6.54 Å². The molecule has 0 radical (unpaired) electrons. The largest absolute Gasteiger partial charge is 0.327 e. The highest BCUT2D eigenvalue weighted by Crippen LogP contribution is 2.33. The Balaban J connectivity index is 1.60. The van der Waals surface area contributed by atoms with E-state index in [1.165, 1.54) is 0 Å². The Kier molecular flexibility index (Phi) is 3.97. The number of carbonyl (C=O) groups is 1. The lowest BCUT2D eigenvalue weighted by Crippen LogP contribution is -2.35. The molecule has 1 atom stereocenters. The molecule has 1 amide bonds. The van der Waals surface area contributed by atoms with Crippen LogP contribution in [0.25, 0.3) is 21.8 Å². The van der Waals surface area contributed by atoms with Gasteiger partial charge in [0.15, 0.2) is 5.69 Å². The second-order valence-corrected chi connectivity index (χ2v) is 7.50. The molecule has 7 heteroatoms. The SMILES string of the molecule is Cn1c(C2CCCN2C(=O)c2nn(C)c3ccccc23)nc2ccccc2c1=O. The first-order chi connectivity index (χ1) is 14.1. The molecule has 1 unspecified atom stereocenters. The van der Waals surface area contributed by atoms with E-state index in [2.05, 4.69) is 5.10 Å². The van der Waals surface area contributed by atoms with E-state index in [0.717, 1.165) is 23.7 Å². The van der Waals surface area contributed by atoms with Gasteiger partial charge in [0.25, 0.3) is 11.5 Å². The van der Waals surface area contributed by atoms with Crippen molar-refractivity contribution >= 4 is 27.7 Å². The summed E-state index contributed by atoms with van der Waals surface area (Å²) in [4.78, 5) is 32.9. The molecule has 146 valence electrons. The van der Waals surface area contributed by atoms with Gasteiger partial charge in [0.2, 0.25) is 0 Å². The number of rotatable bonds is 2. The highest BCUT2D eigenvalue weighted by molar-refractivity contribution is 6.05. The zero-order valence-corrected chi connectivity index (χ0v) is 16.4. The second kappa shape index (κ2) is 6.55. The Morgan fingerprint density at radius 1 is 1.03 bits per heavy atom. The Labute approximate surface area is 167 Å². The third-order valence-corrected chi connectivity index (χ3v) is 5.79. The monoisotopic (exact) mass is 387 g/mol. The first-order valence-corrected chi connectivity index (χ1v) is 9.74. The molecule has 1 saturated heterocycles. The van der Waals surface area contributed by atoms with Gasteiger partial charge in [-0.1, -0.05) is 30.3 Å². The van der Waals surface area contributed by atoms with Gasteiger partial charge in [-0.15, -0.1) is 0 Å². The normalized spacial score (nSPS) is 16.8. The fourth-order valence-electron chi connectivity index (χ4n) is 4.32. The zero-order valence-electron chi connectivity index (χ0n) is 16.4. The molecule has 29 heavy (non-hydrogen) atoms. The van der Waals surface area contributed by atoms with E-state index in [1.54, 1.807) is 22.4 Å². The lowest BCUT2D eigenvalue weighted by molar-refractivity contribution is 0.0722. The van der Waals surface area contributed by atoms with Crippen molar-refractivity contribution < 1.29 is 4.79 Å². The van der Waals surface area contributed by atoms with Crippen molar-refractivity contribution in [3.63, 3.8) is 0 Å². The maximum atomic E-state index is 13.5. The van der Waals surface area contributed by atoms with Gasteiger partial charge >= 0.3 is 0 Å². The molecule has 4 aromatic rings. The van der Waals surface area contributed by atoms with Crippen LogP contribution in [-0.2, 0) is 14.1 Å². The summed E-state index contributed by atoms with van der Waals surface area (Å²) in [6.07, 6.45) is 1.64. The van der Waals surface area contributed by atoms with Crippen LogP contribution in [0.5, 0.6) is 0 Å². The van der Waals surface area contributed by atoms with E-state index < -0.39 is 0 Å². The number of carbonyl (C=O) groups excluding carboxylic acids is 1. The van der Waals surface area contributed by atoms with Gasteiger partial charge in [-0.3, -0.25) is 18.8 Å². The highest BCUT2D eigenvalue weighted by Gasteiger charge is 2.35. The lowest BCUT2D eigenvalue weighted by Gasteiger charge is -2.25. The number of aryl methyl sites for hydroxylation is 1. The minimum Gasteiger partial charge on any atom is -0.327 e. The van der Waals surface area contributed by atoms with Crippen LogP contribution in [0.4, 0.5) is 0 Å². The lowest BCUT2D eigenvalue weighted by atomic mass is 10.1. The average molecular weight is 387 g/mol. The molecular weight excluding hydrogens is 366 g/mol. The van der Waals surface area contributed by atoms with Crippen LogP contribution in [0.3, 0.4) is 0 Å². The van der Waals surface area contributed by atoms with Gasteiger partial charge in [-0.25, -0.2) is 4.98 Å². The average Bonchev–Trinajstić information content (AvgIpc) is 3.36. The van der Waals surface area contributed by atoms with Crippen molar-refractivity contribution in [3.8, 4) is 0 Å². The van der Waals surface area contributed by atoms with Crippen LogP contribution in [-0.4, -0.2) is 36.7 Å². The molecule has 1 aliphatic rings. The van der Waals surface area contributed by atoms with Crippen molar-refractivity contribution in [1.29, 1.82) is 0 Å². The van der Waals surface area contributed by atoms with E-state index in [4.69, 9.17) is 4.98 Å². The summed E-state index contributed by atoms with van der Waals surface area (Å²) in [7, 11) is 3.57. The number of likely N-dealkylation sites (tertiary alicyclic amines) is 1. The summed E-state index contributed by atoms with van der Waals surface area (Å²) in [5.74, 6) is 0.506. The number of benzene rings is 2. The summed E-state index contributed by atoms with van der Waals surface area (Å²) in [5, 5.41) is 5.92. The van der Waals surface area contributed by atoms with E-state index in [9.17, 15) is 9.59 Å². The molecule has 0 N–H and O–H groups in total. The van der Waals surface area contributed by atoms with Crippen LogP contribution < -0.4 is 5.56 Å². The van der Waals surface area contributed by atoms with E-state index in [-0.39, 0.29) is 17.5 Å². The highest BCUT2D eigenvalue weighted by atomic mass is 16.2. The number of fused-ring (bicyclic) bond motifs is 2. The van der Waals surface area contributed by atoms with Crippen molar-refractivity contribution in [2.45, 2.75) is 18.9 Å². The van der Waals surface area contributed by atoms with E-state index >= 15 is 0 Å². The molecule has 2 aromatic heterocycles. The number of nitrogens with zero attached hydrogens (tertiary/aromatic N) is 5. The molecule has 0 aliphatic carbocycles. The second-order valence-electron chi connectivity index (χ2n) is 7.50. The van der Waals surface area contributed by atoms with Crippen LogP contribution in [0.15, 0.2) is 53.3 Å². The molecular formula is C22H21N5O2. The number of amides is 1. The predicted molar refractivity (Wildman–Crippen MR) is 111 cm³/mol. The fourth-order valence-corrected chi connectivity index (χ4v) is 4.32. The molecule has 1 aliphatic heterocycles. The summed E-state index contributed by atoms with van der Waals surface area (Å²) < 4.78 is 3.31. The van der Waals surface area contributed by atoms with Gasteiger partial charge in [-0.2, -0.15) is 5.10 Å². The summed E-state index contributed by atoms with van der Waals surface area (Å²) in [6.45, 7) is 0.622. The van der Waals surface area contributed by atoms with Gasteiger partial charge in [0, 0.05) is 26.0 Å². The van der Waals surface area contributed by atoms with Gasteiger partial charge in [0.1, 0.15) is 5.82 Å². The zero-order chi connectivity index (χ0) is 20.1. The Morgan fingerprint density at radius 2 is 1.76 bits per heavy atom. The van der Waals surface area contributed by atoms with Crippen molar-refractivity contribution in [3.05, 3.63) is 70.4 Å². The maximum Gasteiger partial charge on any atom is 0.275 e. The minimum absolute atomic E-state index is 0.0896. The molecule has 0 bridgehead atoms. The van der Waals surface area contributed by atoms with Crippen LogP contribution in [0, 0.1) is 0 Å². The molecule has 2 aromatic carbocycles. The summed E-state index contributed by atoms with van der Waals surface area (Å²) >= 11 is 0. The molecule has 1 fully saturated rings. The topological polar surface area (TPSA) is 73.0 Å². The van der Waals surface area contributed by atoms with Crippen LogP contribution in [0.1, 0.15) is 35.2 Å². The smallest absolute Gasteiger partial charge is 0.275 e. The Bertz CT molecular complexity index is 1320. The summed E-state index contributed by atoms with van der Waals surface area (Å²) in [6, 6.07) is 14.8. The standard InChI is InChI=1S/C22H21N5O2/c1-25-20(23-16-10-5-3-8-14(16)21(25)28)18-12-7-13-27(18)22(29)19-15-9-4-6-11-17(15)26(2)24-19/h3-6,8-11,18H,7,12-13H2,1-2H3. The molecule has 3 heterocycles. The van der Waals surface area contributed by atoms with Gasteiger partial charge in [0.05, 0.1) is 22.5 Å². The third-order valence-electron chi connectivity index (χ3n) is 5.79. The first-order valence-electron chi connectivity index (χ1n) is 9.74. The first kappa shape index (κ1) is 17.6. The number of aromatic nitrogens is 4. The van der Waals surface area contributed by atoms with Gasteiger partial charge in [-0.05, 0) is 31.0 Å². The van der Waals surface area contributed by atoms with Crippen molar-refractivity contribution in [2.24, 2.45) is 14.1 Å². The Hall–Kier alpha value is -3.48. The maximum absolute atomic E-state index is 13.5. The van der Waals surface area contributed by atoms with Crippen LogP contribution >= 0.6 is 0 Å². The van der Waals surface area contributed by atoms with Crippen molar-refractivity contribution in [1.82, 2.24) is 24.2 Å². The molecule has 0 saturated carbocycles. The predicted octanol–water partition coefficient (Wildman–Crippen LogP) is 2.80. The number of para-hydroxylation sites is 2. The van der Waals surface area contributed by atoms with Crippen LogP contribution in [0.2, 0.25) is 0 Å². The Morgan fingerprint density at radius 3 is 2.59 bits per heavy atom. The molecule has 0 spiro atoms. The molecule has 5 rings (SSSR count).